The molecule has 17 heavy (non-hydrogen) atoms. The van der Waals surface area contributed by atoms with Gasteiger partial charge in [0.25, 0.3) is 0 Å². The molecule has 1 N–H and O–H groups in total. The summed E-state index contributed by atoms with van der Waals surface area (Å²) in [5.74, 6) is -4.91. The fraction of sp³-hybridized carbons (Fsp3) is 0.364. The van der Waals surface area contributed by atoms with Crippen molar-refractivity contribution in [2.24, 2.45) is 0 Å². The third-order valence-electron chi connectivity index (χ3n) is 2.10. The summed E-state index contributed by atoms with van der Waals surface area (Å²) >= 11 is 1.40. The van der Waals surface area contributed by atoms with E-state index in [1.807, 2.05) is 6.92 Å². The lowest BCUT2D eigenvalue weighted by Crippen LogP contribution is -2.38. The molecule has 0 aliphatic heterocycles. The maximum absolute atomic E-state index is 13.3. The Morgan fingerprint density at radius 3 is 2.65 bits per heavy atom. The molecule has 1 aromatic carbocycles. The maximum atomic E-state index is 13.3. The summed E-state index contributed by atoms with van der Waals surface area (Å²) in [6.07, 6.45) is -0.800. The van der Waals surface area contributed by atoms with E-state index in [9.17, 15) is 18.1 Å². The highest BCUT2D eigenvalue weighted by molar-refractivity contribution is 7.99. The third-order valence-corrected chi connectivity index (χ3v) is 3.10. The van der Waals surface area contributed by atoms with Gasteiger partial charge >= 0.3 is 11.8 Å². The van der Waals surface area contributed by atoms with Gasteiger partial charge in [-0.1, -0.05) is 25.1 Å². The Morgan fingerprint density at radius 2 is 2.06 bits per heavy atom. The van der Waals surface area contributed by atoms with E-state index in [2.05, 4.69) is 0 Å². The van der Waals surface area contributed by atoms with Crippen LogP contribution in [-0.2, 0) is 11.2 Å². The first kappa shape index (κ1) is 13.9. The van der Waals surface area contributed by atoms with Crippen LogP contribution >= 0.6 is 11.8 Å². The zero-order valence-corrected chi connectivity index (χ0v) is 9.99. The lowest BCUT2D eigenvalue weighted by Gasteiger charge is -2.15. The molecule has 0 aliphatic carbocycles. The van der Waals surface area contributed by atoms with Crippen LogP contribution in [0.1, 0.15) is 12.5 Å². The van der Waals surface area contributed by atoms with Gasteiger partial charge in [0, 0.05) is 11.3 Å². The standard InChI is InChI=1S/C11H12F3NOS/c1-2-17-9-6-4-3-5-8(9)7-11(12,13)10(16)15-14/h3-6H,2,7H2,1H3,(H,15,16). The van der Waals surface area contributed by atoms with Crippen molar-refractivity contribution >= 4 is 17.7 Å². The van der Waals surface area contributed by atoms with Crippen molar-refractivity contribution in [1.82, 2.24) is 5.54 Å². The number of carbonyl (C=O) groups is 1. The Labute approximate surface area is 102 Å². The van der Waals surface area contributed by atoms with E-state index in [0.717, 1.165) is 5.75 Å². The van der Waals surface area contributed by atoms with Crippen LogP contribution in [0.5, 0.6) is 0 Å². The first-order valence-corrected chi connectivity index (χ1v) is 5.99. The summed E-state index contributed by atoms with van der Waals surface area (Å²) in [5, 5.41) is 0. The van der Waals surface area contributed by atoms with E-state index in [4.69, 9.17) is 0 Å². The van der Waals surface area contributed by atoms with Gasteiger partial charge in [0.05, 0.1) is 0 Å². The highest BCUT2D eigenvalue weighted by Gasteiger charge is 2.39. The van der Waals surface area contributed by atoms with Gasteiger partial charge in [-0.3, -0.25) is 4.79 Å². The highest BCUT2D eigenvalue weighted by Crippen LogP contribution is 2.28. The molecule has 0 bridgehead atoms. The number of benzene rings is 1. The third kappa shape index (κ3) is 3.66. The molecular weight excluding hydrogens is 251 g/mol. The fourth-order valence-electron chi connectivity index (χ4n) is 1.33. The lowest BCUT2D eigenvalue weighted by atomic mass is 10.1. The van der Waals surface area contributed by atoms with Gasteiger partial charge in [0.15, 0.2) is 0 Å². The second kappa shape index (κ2) is 5.95. The molecule has 6 heteroatoms. The van der Waals surface area contributed by atoms with Gasteiger partial charge in [-0.15, -0.1) is 16.2 Å². The highest BCUT2D eigenvalue weighted by atomic mass is 32.2. The zero-order chi connectivity index (χ0) is 12.9. The lowest BCUT2D eigenvalue weighted by molar-refractivity contribution is -0.150. The van der Waals surface area contributed by atoms with Crippen molar-refractivity contribution in [2.75, 3.05) is 5.75 Å². The van der Waals surface area contributed by atoms with Crippen LogP contribution in [0.15, 0.2) is 29.2 Å². The van der Waals surface area contributed by atoms with Crippen LogP contribution in [0.3, 0.4) is 0 Å². The normalized spacial score (nSPS) is 11.3. The first-order valence-electron chi connectivity index (χ1n) is 5.01. The monoisotopic (exact) mass is 263 g/mol. The summed E-state index contributed by atoms with van der Waals surface area (Å²) in [6, 6.07) is 6.55. The van der Waals surface area contributed by atoms with Crippen molar-refractivity contribution in [2.45, 2.75) is 24.2 Å². The van der Waals surface area contributed by atoms with Gasteiger partial charge in [0.2, 0.25) is 0 Å². The number of thioether (sulfide) groups is 1. The number of amides is 1. The molecule has 1 amide bonds. The van der Waals surface area contributed by atoms with E-state index in [-0.39, 0.29) is 0 Å². The van der Waals surface area contributed by atoms with Crippen LogP contribution in [0.4, 0.5) is 13.3 Å². The molecule has 1 rings (SSSR count). The summed E-state index contributed by atoms with van der Waals surface area (Å²) in [5.41, 5.74) is 0.822. The molecule has 0 unspecified atom stereocenters. The molecule has 0 radical (unpaired) electrons. The Kier molecular flexibility index (Phi) is 4.86. The van der Waals surface area contributed by atoms with Gasteiger partial charge in [0.1, 0.15) is 0 Å². The Bertz CT molecular complexity index is 398. The Hall–Kier alpha value is -1.17. The predicted octanol–water partition coefficient (Wildman–Crippen LogP) is 2.98. The predicted molar refractivity (Wildman–Crippen MR) is 60.7 cm³/mol. The first-order chi connectivity index (χ1) is 8.01. The van der Waals surface area contributed by atoms with Gasteiger partial charge < -0.3 is 0 Å². The van der Waals surface area contributed by atoms with Crippen LogP contribution in [0.2, 0.25) is 0 Å². The van der Waals surface area contributed by atoms with Crippen molar-refractivity contribution in [1.29, 1.82) is 0 Å². The summed E-state index contributed by atoms with van der Waals surface area (Å²) < 4.78 is 38.3. The van der Waals surface area contributed by atoms with E-state index < -0.39 is 18.3 Å². The summed E-state index contributed by atoms with van der Waals surface area (Å²) in [6.45, 7) is 1.90. The average Bonchev–Trinajstić information content (AvgIpc) is 2.30. The molecule has 0 fully saturated rings. The minimum Gasteiger partial charge on any atom is -0.265 e. The molecule has 0 heterocycles. The second-order valence-electron chi connectivity index (χ2n) is 3.35. The van der Waals surface area contributed by atoms with Crippen LogP contribution < -0.4 is 5.54 Å². The molecule has 0 saturated heterocycles. The molecule has 0 aliphatic rings. The number of carbonyl (C=O) groups excluding carboxylic acids is 1. The van der Waals surface area contributed by atoms with Crippen molar-refractivity contribution in [3.8, 4) is 0 Å². The van der Waals surface area contributed by atoms with Crippen molar-refractivity contribution in [3.63, 3.8) is 0 Å². The van der Waals surface area contributed by atoms with Crippen LogP contribution in [0, 0.1) is 0 Å². The fourth-order valence-corrected chi connectivity index (χ4v) is 2.15. The van der Waals surface area contributed by atoms with E-state index in [1.165, 1.54) is 17.8 Å². The molecule has 0 saturated carbocycles. The molecule has 1 aromatic rings. The summed E-state index contributed by atoms with van der Waals surface area (Å²) in [7, 11) is 0. The zero-order valence-electron chi connectivity index (χ0n) is 9.17. The van der Waals surface area contributed by atoms with Crippen molar-refractivity contribution < 1.29 is 18.1 Å². The average molecular weight is 263 g/mol. The van der Waals surface area contributed by atoms with E-state index in [0.29, 0.717) is 16.0 Å². The number of alkyl halides is 2. The molecule has 0 aromatic heterocycles. The molecule has 0 spiro atoms. The van der Waals surface area contributed by atoms with Gasteiger partial charge in [-0.2, -0.15) is 14.3 Å². The number of rotatable bonds is 5. The number of halogens is 3. The maximum Gasteiger partial charge on any atom is 0.330 e. The van der Waals surface area contributed by atoms with Gasteiger partial charge in [-0.25, -0.2) is 0 Å². The van der Waals surface area contributed by atoms with Crippen LogP contribution in [0.25, 0.3) is 0 Å². The smallest absolute Gasteiger partial charge is 0.265 e. The Morgan fingerprint density at radius 1 is 1.41 bits per heavy atom. The largest absolute Gasteiger partial charge is 0.330 e. The quantitative estimate of drug-likeness (QED) is 0.653. The second-order valence-corrected chi connectivity index (χ2v) is 4.65. The van der Waals surface area contributed by atoms with E-state index in [1.54, 1.807) is 18.2 Å². The minimum absolute atomic E-state index is 0.341. The topological polar surface area (TPSA) is 29.1 Å². The molecule has 94 valence electrons. The van der Waals surface area contributed by atoms with Gasteiger partial charge in [-0.05, 0) is 17.4 Å². The molecular formula is C11H12F3NOS. The minimum atomic E-state index is -3.74. The number of nitrogens with one attached hydrogen (secondary N) is 1. The molecule has 2 nitrogen and oxygen atoms in total. The van der Waals surface area contributed by atoms with E-state index >= 15 is 0 Å². The Balaban J connectivity index is 2.90. The summed E-state index contributed by atoms with van der Waals surface area (Å²) in [4.78, 5) is 11.3. The SMILES string of the molecule is CCSc1ccccc1CC(F)(F)C(=O)NF. The number of hydrogen-bond acceptors (Lipinski definition) is 2. The number of hydrogen-bond donors (Lipinski definition) is 1. The molecule has 0 atom stereocenters. The van der Waals surface area contributed by atoms with Crippen molar-refractivity contribution in [3.05, 3.63) is 29.8 Å². The van der Waals surface area contributed by atoms with Crippen LogP contribution in [-0.4, -0.2) is 17.6 Å².